The van der Waals surface area contributed by atoms with Crippen LogP contribution < -0.4 is 16.4 Å². The number of nitrogen functional groups attached to an aromatic ring is 1. The van der Waals surface area contributed by atoms with Crippen molar-refractivity contribution in [1.29, 1.82) is 0 Å². The largest absolute Gasteiger partial charge is 0.384 e. The number of para-hydroxylation sites is 1. The van der Waals surface area contributed by atoms with Crippen molar-refractivity contribution in [2.24, 2.45) is 0 Å². The lowest BCUT2D eigenvalue weighted by atomic mass is 10.1. The molecule has 1 aromatic heterocycles. The van der Waals surface area contributed by atoms with Gasteiger partial charge in [0.05, 0.1) is 23.5 Å². The van der Waals surface area contributed by atoms with E-state index in [-0.39, 0.29) is 29.7 Å². The van der Waals surface area contributed by atoms with Crippen molar-refractivity contribution in [2.45, 2.75) is 6.42 Å². The van der Waals surface area contributed by atoms with E-state index in [1.165, 1.54) is 35.0 Å². The lowest BCUT2D eigenvalue weighted by molar-refractivity contribution is -0.115. The molecule has 3 aromatic rings. The topological polar surface area (TPSA) is 102 Å². The number of anilines is 3. The maximum Gasteiger partial charge on any atom is 0.276 e. The Morgan fingerprint density at radius 3 is 2.77 bits per heavy atom. The fraction of sp³-hybridized carbons (Fsp3) is 0.0556. The molecule has 1 aliphatic heterocycles. The molecule has 0 fully saturated rings. The van der Waals surface area contributed by atoms with Gasteiger partial charge < -0.3 is 16.4 Å². The lowest BCUT2D eigenvalue weighted by Gasteiger charge is -2.08. The summed E-state index contributed by atoms with van der Waals surface area (Å²) in [4.78, 5) is 24.1. The number of carbonyl (C=O) groups excluding carboxylic acids is 2. The monoisotopic (exact) mass is 351 g/mol. The van der Waals surface area contributed by atoms with Crippen LogP contribution in [-0.4, -0.2) is 21.6 Å². The minimum atomic E-state index is -0.466. The first-order valence-corrected chi connectivity index (χ1v) is 7.86. The molecule has 0 saturated heterocycles. The molecule has 0 saturated carbocycles. The number of fused-ring (bicyclic) bond motifs is 1. The third kappa shape index (κ3) is 2.77. The van der Waals surface area contributed by atoms with Gasteiger partial charge in [0.1, 0.15) is 11.6 Å². The Kier molecular flexibility index (Phi) is 3.65. The fourth-order valence-corrected chi connectivity index (χ4v) is 2.84. The van der Waals surface area contributed by atoms with Crippen LogP contribution in [0.4, 0.5) is 21.6 Å². The molecule has 1 aliphatic rings. The number of nitrogens with zero attached hydrogens (tertiary/aromatic N) is 2. The highest BCUT2D eigenvalue weighted by Crippen LogP contribution is 2.31. The Labute approximate surface area is 147 Å². The third-order valence-corrected chi connectivity index (χ3v) is 4.06. The number of nitrogens with two attached hydrogens (primary N) is 1. The predicted molar refractivity (Wildman–Crippen MR) is 94.7 cm³/mol. The summed E-state index contributed by atoms with van der Waals surface area (Å²) in [5.41, 5.74) is 8.48. The molecule has 2 heterocycles. The SMILES string of the molecule is Nc1cc(C(=O)Nc2cccc3c2NC(=O)C3)nn1-c1ccc(F)cc1. The van der Waals surface area contributed by atoms with Crippen molar-refractivity contribution in [2.75, 3.05) is 16.4 Å². The molecule has 130 valence electrons. The highest BCUT2D eigenvalue weighted by Gasteiger charge is 2.22. The van der Waals surface area contributed by atoms with E-state index in [1.807, 2.05) is 6.07 Å². The minimum absolute atomic E-state index is 0.105. The van der Waals surface area contributed by atoms with E-state index in [0.29, 0.717) is 17.1 Å². The number of aromatic nitrogens is 2. The summed E-state index contributed by atoms with van der Waals surface area (Å²) >= 11 is 0. The van der Waals surface area contributed by atoms with Crippen molar-refractivity contribution in [1.82, 2.24) is 9.78 Å². The number of carbonyl (C=O) groups is 2. The molecule has 7 nitrogen and oxygen atoms in total. The summed E-state index contributed by atoms with van der Waals surface area (Å²) in [5, 5.41) is 9.65. The maximum atomic E-state index is 13.1. The quantitative estimate of drug-likeness (QED) is 0.674. The first-order chi connectivity index (χ1) is 12.5. The Morgan fingerprint density at radius 2 is 2.00 bits per heavy atom. The highest BCUT2D eigenvalue weighted by atomic mass is 19.1. The summed E-state index contributed by atoms with van der Waals surface area (Å²) in [7, 11) is 0. The number of amides is 2. The van der Waals surface area contributed by atoms with E-state index in [4.69, 9.17) is 5.73 Å². The Hall–Kier alpha value is -3.68. The molecular weight excluding hydrogens is 337 g/mol. The Morgan fingerprint density at radius 1 is 1.23 bits per heavy atom. The number of benzene rings is 2. The van der Waals surface area contributed by atoms with Crippen LogP contribution in [-0.2, 0) is 11.2 Å². The van der Waals surface area contributed by atoms with Gasteiger partial charge in [0.15, 0.2) is 5.69 Å². The molecule has 0 atom stereocenters. The summed E-state index contributed by atoms with van der Waals surface area (Å²) < 4.78 is 14.4. The van der Waals surface area contributed by atoms with E-state index < -0.39 is 5.91 Å². The van der Waals surface area contributed by atoms with Gasteiger partial charge in [-0.25, -0.2) is 9.07 Å². The number of hydrogen-bond donors (Lipinski definition) is 3. The third-order valence-electron chi connectivity index (χ3n) is 4.06. The molecule has 2 aromatic carbocycles. The van der Waals surface area contributed by atoms with Crippen LogP contribution in [0.15, 0.2) is 48.5 Å². The molecule has 0 unspecified atom stereocenters. The molecule has 0 spiro atoms. The molecule has 0 aliphatic carbocycles. The predicted octanol–water partition coefficient (Wildman–Crippen LogP) is 2.34. The zero-order valence-corrected chi connectivity index (χ0v) is 13.5. The van der Waals surface area contributed by atoms with Crippen molar-refractivity contribution in [3.8, 4) is 5.69 Å². The van der Waals surface area contributed by atoms with E-state index >= 15 is 0 Å². The number of nitrogens with one attached hydrogen (secondary N) is 2. The van der Waals surface area contributed by atoms with Crippen molar-refractivity contribution >= 4 is 29.0 Å². The van der Waals surface area contributed by atoms with Crippen LogP contribution >= 0.6 is 0 Å². The van der Waals surface area contributed by atoms with Gasteiger partial charge in [0.25, 0.3) is 5.91 Å². The summed E-state index contributed by atoms with van der Waals surface area (Å²) in [6.07, 6.45) is 0.283. The van der Waals surface area contributed by atoms with Gasteiger partial charge in [-0.1, -0.05) is 12.1 Å². The van der Waals surface area contributed by atoms with E-state index in [2.05, 4.69) is 15.7 Å². The molecule has 4 N–H and O–H groups in total. The minimum Gasteiger partial charge on any atom is -0.384 e. The standard InChI is InChI=1S/C18H14FN5O2/c19-11-4-6-12(7-5-11)24-15(20)9-14(23-24)18(26)21-13-3-1-2-10-8-16(25)22-17(10)13/h1-7,9H,8,20H2,(H,21,26)(H,22,25). The van der Waals surface area contributed by atoms with Gasteiger partial charge in [-0.05, 0) is 35.9 Å². The summed E-state index contributed by atoms with van der Waals surface area (Å²) in [5.74, 6) is -0.718. The lowest BCUT2D eigenvalue weighted by Crippen LogP contribution is -2.14. The Bertz CT molecular complexity index is 1030. The molecular formula is C18H14FN5O2. The molecule has 2 amide bonds. The van der Waals surface area contributed by atoms with Crippen LogP contribution in [0, 0.1) is 5.82 Å². The molecule has 8 heteroatoms. The van der Waals surface area contributed by atoms with E-state index in [1.54, 1.807) is 12.1 Å². The van der Waals surface area contributed by atoms with Crippen molar-refractivity contribution < 1.29 is 14.0 Å². The second kappa shape index (κ2) is 5.99. The van der Waals surface area contributed by atoms with Gasteiger partial charge in [-0.2, -0.15) is 5.10 Å². The van der Waals surface area contributed by atoms with Gasteiger partial charge >= 0.3 is 0 Å². The zero-order valence-electron chi connectivity index (χ0n) is 13.5. The van der Waals surface area contributed by atoms with Crippen LogP contribution in [0.3, 0.4) is 0 Å². The highest BCUT2D eigenvalue weighted by molar-refractivity contribution is 6.09. The molecule has 0 radical (unpaired) electrons. The van der Waals surface area contributed by atoms with Gasteiger partial charge in [-0.15, -0.1) is 0 Å². The average molecular weight is 351 g/mol. The summed E-state index contributed by atoms with van der Waals surface area (Å²) in [6, 6.07) is 12.3. The van der Waals surface area contributed by atoms with E-state index in [0.717, 1.165) is 5.56 Å². The fourth-order valence-electron chi connectivity index (χ4n) is 2.84. The normalized spacial score (nSPS) is 12.6. The van der Waals surface area contributed by atoms with Crippen LogP contribution in [0.5, 0.6) is 0 Å². The van der Waals surface area contributed by atoms with E-state index in [9.17, 15) is 14.0 Å². The van der Waals surface area contributed by atoms with Gasteiger partial charge in [0, 0.05) is 6.07 Å². The summed E-state index contributed by atoms with van der Waals surface area (Å²) in [6.45, 7) is 0. The van der Waals surface area contributed by atoms with Gasteiger partial charge in [-0.3, -0.25) is 9.59 Å². The second-order valence-corrected chi connectivity index (χ2v) is 5.86. The first kappa shape index (κ1) is 15.8. The van der Waals surface area contributed by atoms with Crippen LogP contribution in [0.25, 0.3) is 5.69 Å². The van der Waals surface area contributed by atoms with Crippen LogP contribution in [0.1, 0.15) is 16.1 Å². The van der Waals surface area contributed by atoms with Crippen LogP contribution in [0.2, 0.25) is 0 Å². The zero-order chi connectivity index (χ0) is 18.3. The van der Waals surface area contributed by atoms with Gasteiger partial charge in [0.2, 0.25) is 5.91 Å². The second-order valence-electron chi connectivity index (χ2n) is 5.86. The van der Waals surface area contributed by atoms with Crippen molar-refractivity contribution in [3.05, 3.63) is 65.6 Å². The average Bonchev–Trinajstić information content (AvgIpc) is 3.18. The molecule has 26 heavy (non-hydrogen) atoms. The number of rotatable bonds is 3. The number of hydrogen-bond acceptors (Lipinski definition) is 4. The van der Waals surface area contributed by atoms with Crippen molar-refractivity contribution in [3.63, 3.8) is 0 Å². The molecule has 4 rings (SSSR count). The smallest absolute Gasteiger partial charge is 0.276 e. The molecule has 0 bridgehead atoms. The first-order valence-electron chi connectivity index (χ1n) is 7.86. The Balaban J connectivity index is 1.61. The number of halogens is 1. The maximum absolute atomic E-state index is 13.1.